The van der Waals surface area contributed by atoms with Crippen LogP contribution < -0.4 is 0 Å². The minimum absolute atomic E-state index is 0.0152. The minimum atomic E-state index is -1.32. The van der Waals surface area contributed by atoms with E-state index in [9.17, 15) is 19.8 Å². The van der Waals surface area contributed by atoms with Crippen LogP contribution in [-0.2, 0) is 5.54 Å². The molecule has 0 atom stereocenters. The third-order valence-corrected chi connectivity index (χ3v) is 3.84. The minimum Gasteiger partial charge on any atom is -0.507 e. The first-order valence-electron chi connectivity index (χ1n) is 7.64. The maximum Gasteiger partial charge on any atom is 0.355 e. The number of pyridine rings is 1. The Morgan fingerprint density at radius 3 is 2.40 bits per heavy atom. The number of carbonyl (C=O) groups is 2. The number of aromatic carboxylic acids is 1. The molecule has 1 aromatic carbocycles. The summed E-state index contributed by atoms with van der Waals surface area (Å²) in [7, 11) is 0. The van der Waals surface area contributed by atoms with Crippen molar-refractivity contribution in [3.63, 3.8) is 0 Å². The van der Waals surface area contributed by atoms with Crippen LogP contribution >= 0.6 is 0 Å². The van der Waals surface area contributed by atoms with Crippen LogP contribution in [0.1, 0.15) is 47.2 Å². The number of ketones is 1. The number of hydrogen-bond donors (Lipinski definition) is 2. The number of carboxylic acids is 1. The molecule has 0 unspecified atom stereocenters. The lowest BCUT2D eigenvalue weighted by atomic mass is 10.0. The van der Waals surface area contributed by atoms with Gasteiger partial charge in [0, 0.05) is 5.54 Å². The Hall–Kier alpha value is -3.22. The van der Waals surface area contributed by atoms with Gasteiger partial charge in [0.15, 0.2) is 17.1 Å². The third-order valence-electron chi connectivity index (χ3n) is 3.84. The zero-order chi connectivity index (χ0) is 18.4. The average Bonchev–Trinajstić information content (AvgIpc) is 2.96. The summed E-state index contributed by atoms with van der Waals surface area (Å²) >= 11 is 0. The number of hydrogen-bond acceptors (Lipinski definition) is 5. The third kappa shape index (κ3) is 2.84. The number of aromatic nitrogens is 3. The highest BCUT2D eigenvalue weighted by molar-refractivity contribution is 6.16. The van der Waals surface area contributed by atoms with Gasteiger partial charge in [-0.15, -0.1) is 0 Å². The molecule has 0 amide bonds. The molecule has 2 heterocycles. The van der Waals surface area contributed by atoms with Crippen LogP contribution in [0, 0.1) is 0 Å². The number of imidazole rings is 1. The topological polar surface area (TPSA) is 105 Å². The summed E-state index contributed by atoms with van der Waals surface area (Å²) in [5.74, 6) is -2.15. The van der Waals surface area contributed by atoms with Gasteiger partial charge in [-0.2, -0.15) is 0 Å². The first-order chi connectivity index (χ1) is 11.7. The number of aromatic hydroxyl groups is 1. The van der Waals surface area contributed by atoms with Gasteiger partial charge in [0.05, 0.1) is 17.5 Å². The maximum atomic E-state index is 12.7. The van der Waals surface area contributed by atoms with Crippen LogP contribution in [0.5, 0.6) is 5.75 Å². The van der Waals surface area contributed by atoms with Crippen LogP contribution in [0.3, 0.4) is 0 Å². The molecular formula is C18H17N3O4. The lowest BCUT2D eigenvalue weighted by Gasteiger charge is -2.21. The van der Waals surface area contributed by atoms with Gasteiger partial charge in [0.1, 0.15) is 11.3 Å². The molecule has 7 nitrogen and oxygen atoms in total. The standard InChI is InChI=1S/C18H17N3O4/c1-18(2,3)21-9-19-12-8-11(14(17(24)25)20-16(12)21)15(23)10-6-4-5-7-13(10)22/h4-9,22H,1-3H3,(H,24,25). The molecule has 0 aliphatic carbocycles. The summed E-state index contributed by atoms with van der Waals surface area (Å²) in [6.45, 7) is 5.83. The van der Waals surface area contributed by atoms with E-state index in [1.165, 1.54) is 18.2 Å². The van der Waals surface area contributed by atoms with Gasteiger partial charge in [-0.25, -0.2) is 14.8 Å². The number of para-hydroxylation sites is 1. The summed E-state index contributed by atoms with van der Waals surface area (Å²) in [6, 6.07) is 7.38. The molecule has 0 spiro atoms. The molecule has 0 saturated heterocycles. The van der Waals surface area contributed by atoms with Crippen molar-refractivity contribution in [2.45, 2.75) is 26.3 Å². The van der Waals surface area contributed by atoms with Gasteiger partial charge in [-0.3, -0.25) is 4.79 Å². The quantitative estimate of drug-likeness (QED) is 0.711. The summed E-state index contributed by atoms with van der Waals surface area (Å²) in [4.78, 5) is 32.8. The molecule has 3 aromatic rings. The highest BCUT2D eigenvalue weighted by Crippen LogP contribution is 2.26. The second-order valence-corrected chi connectivity index (χ2v) is 6.66. The smallest absolute Gasteiger partial charge is 0.355 e. The average molecular weight is 339 g/mol. The Balaban J connectivity index is 2.25. The van der Waals surface area contributed by atoms with E-state index in [2.05, 4.69) is 9.97 Å². The first kappa shape index (κ1) is 16.6. The van der Waals surface area contributed by atoms with E-state index in [-0.39, 0.29) is 28.1 Å². The van der Waals surface area contributed by atoms with E-state index in [1.807, 2.05) is 20.8 Å². The molecule has 2 aromatic heterocycles. The zero-order valence-electron chi connectivity index (χ0n) is 14.0. The normalized spacial score (nSPS) is 11.6. The molecule has 0 bridgehead atoms. The van der Waals surface area contributed by atoms with Crippen LogP contribution in [0.4, 0.5) is 0 Å². The fraction of sp³-hybridized carbons (Fsp3) is 0.222. The van der Waals surface area contributed by atoms with Gasteiger partial charge in [0.2, 0.25) is 0 Å². The lowest BCUT2D eigenvalue weighted by molar-refractivity contribution is 0.0686. The van der Waals surface area contributed by atoms with E-state index in [0.717, 1.165) is 0 Å². The van der Waals surface area contributed by atoms with E-state index >= 15 is 0 Å². The monoisotopic (exact) mass is 339 g/mol. The number of rotatable bonds is 3. The van der Waals surface area contributed by atoms with Crippen LogP contribution in [0.2, 0.25) is 0 Å². The predicted molar refractivity (Wildman–Crippen MR) is 91.0 cm³/mol. The van der Waals surface area contributed by atoms with Crippen LogP contribution in [0.15, 0.2) is 36.7 Å². The summed E-state index contributed by atoms with van der Waals surface area (Å²) in [5.41, 5.74) is -0.00736. The Labute approximate surface area is 143 Å². The van der Waals surface area contributed by atoms with Gasteiger partial charge in [0.25, 0.3) is 0 Å². The molecule has 0 radical (unpaired) electrons. The maximum absolute atomic E-state index is 12.7. The van der Waals surface area contributed by atoms with E-state index in [0.29, 0.717) is 11.2 Å². The molecule has 128 valence electrons. The zero-order valence-corrected chi connectivity index (χ0v) is 14.0. The number of fused-ring (bicyclic) bond motifs is 1. The van der Waals surface area contributed by atoms with Crippen molar-refractivity contribution in [3.05, 3.63) is 53.5 Å². The second-order valence-electron chi connectivity index (χ2n) is 6.66. The predicted octanol–water partition coefficient (Wildman–Crippen LogP) is 2.82. The van der Waals surface area contributed by atoms with Crippen LogP contribution in [0.25, 0.3) is 11.2 Å². The van der Waals surface area contributed by atoms with E-state index < -0.39 is 11.8 Å². The molecule has 7 heteroatoms. The van der Waals surface area contributed by atoms with Gasteiger partial charge in [-0.1, -0.05) is 12.1 Å². The molecule has 0 fully saturated rings. The number of carbonyl (C=O) groups excluding carboxylic acids is 1. The Morgan fingerprint density at radius 1 is 1.12 bits per heavy atom. The molecule has 0 saturated carbocycles. The van der Waals surface area contributed by atoms with Crippen molar-refractivity contribution in [3.8, 4) is 5.75 Å². The fourth-order valence-electron chi connectivity index (χ4n) is 2.58. The lowest BCUT2D eigenvalue weighted by Crippen LogP contribution is -2.22. The largest absolute Gasteiger partial charge is 0.507 e. The van der Waals surface area contributed by atoms with Gasteiger partial charge in [-0.05, 0) is 39.0 Å². The fourth-order valence-corrected chi connectivity index (χ4v) is 2.58. The van der Waals surface area contributed by atoms with Gasteiger partial charge < -0.3 is 14.8 Å². The number of benzene rings is 1. The SMILES string of the molecule is CC(C)(C)n1cnc2cc(C(=O)c3ccccc3O)c(C(=O)O)nc21. The van der Waals surface area contributed by atoms with Gasteiger partial charge >= 0.3 is 5.97 Å². The summed E-state index contributed by atoms with van der Waals surface area (Å²) in [5, 5.41) is 19.4. The molecule has 0 aliphatic heterocycles. The van der Waals surface area contributed by atoms with E-state index in [4.69, 9.17) is 0 Å². The molecule has 2 N–H and O–H groups in total. The Bertz CT molecular complexity index is 999. The van der Waals surface area contributed by atoms with Crippen molar-refractivity contribution in [2.75, 3.05) is 0 Å². The molecule has 0 aliphatic rings. The van der Waals surface area contributed by atoms with Crippen molar-refractivity contribution in [2.24, 2.45) is 0 Å². The highest BCUT2D eigenvalue weighted by Gasteiger charge is 2.25. The summed E-state index contributed by atoms with van der Waals surface area (Å²) in [6.07, 6.45) is 1.57. The van der Waals surface area contributed by atoms with Crippen LogP contribution in [-0.4, -0.2) is 36.5 Å². The molecular weight excluding hydrogens is 322 g/mol. The Kier molecular flexibility index (Phi) is 3.79. The number of nitrogens with zero attached hydrogens (tertiary/aromatic N) is 3. The number of carboxylic acid groups (broad SMARTS) is 1. The second kappa shape index (κ2) is 5.70. The molecule has 3 rings (SSSR count). The molecule has 25 heavy (non-hydrogen) atoms. The van der Waals surface area contributed by atoms with E-state index in [1.54, 1.807) is 23.0 Å². The number of phenols is 1. The van der Waals surface area contributed by atoms with Crippen molar-refractivity contribution in [1.29, 1.82) is 0 Å². The number of phenolic OH excluding ortho intramolecular Hbond substituents is 1. The first-order valence-corrected chi connectivity index (χ1v) is 7.64. The summed E-state index contributed by atoms with van der Waals surface area (Å²) < 4.78 is 1.75. The van der Waals surface area contributed by atoms with Crippen molar-refractivity contribution >= 4 is 22.9 Å². The van der Waals surface area contributed by atoms with Crippen molar-refractivity contribution < 1.29 is 19.8 Å². The van der Waals surface area contributed by atoms with Crippen molar-refractivity contribution in [1.82, 2.24) is 14.5 Å². The highest BCUT2D eigenvalue weighted by atomic mass is 16.4. The Morgan fingerprint density at radius 2 is 1.80 bits per heavy atom.